The Morgan fingerprint density at radius 1 is 1.14 bits per heavy atom. The van der Waals surface area contributed by atoms with Crippen molar-refractivity contribution in [2.75, 3.05) is 19.8 Å². The quantitative estimate of drug-likeness (QED) is 0.687. The lowest BCUT2D eigenvalue weighted by Gasteiger charge is -2.39. The van der Waals surface area contributed by atoms with Gasteiger partial charge in [0.05, 0.1) is 6.61 Å². The van der Waals surface area contributed by atoms with E-state index in [1.165, 1.54) is 0 Å². The molecule has 0 bridgehead atoms. The van der Waals surface area contributed by atoms with E-state index in [0.717, 1.165) is 45.1 Å². The van der Waals surface area contributed by atoms with Gasteiger partial charge in [0.25, 0.3) is 0 Å². The highest BCUT2D eigenvalue weighted by Gasteiger charge is 2.51. The molecule has 1 heterocycles. The van der Waals surface area contributed by atoms with Gasteiger partial charge in [-0.3, -0.25) is 9.59 Å². The van der Waals surface area contributed by atoms with Crippen LogP contribution in [0.5, 0.6) is 0 Å². The predicted molar refractivity (Wildman–Crippen MR) is 78.6 cm³/mol. The van der Waals surface area contributed by atoms with Gasteiger partial charge in [-0.15, -0.1) is 0 Å². The summed E-state index contributed by atoms with van der Waals surface area (Å²) in [5, 5.41) is 2.97. The Labute approximate surface area is 126 Å². The minimum Gasteiger partial charge on any atom is -0.380 e. The lowest BCUT2D eigenvalue weighted by molar-refractivity contribution is -0.151. The maximum atomic E-state index is 12.7. The van der Waals surface area contributed by atoms with Crippen LogP contribution in [0.3, 0.4) is 0 Å². The highest BCUT2D eigenvalue weighted by molar-refractivity contribution is 5.97. The second kappa shape index (κ2) is 6.34. The number of hydrogen-bond donors (Lipinski definition) is 1. The Hall–Kier alpha value is -1.10. The van der Waals surface area contributed by atoms with Gasteiger partial charge in [-0.25, -0.2) is 0 Å². The van der Waals surface area contributed by atoms with Crippen molar-refractivity contribution >= 4 is 11.8 Å². The summed E-state index contributed by atoms with van der Waals surface area (Å²) in [7, 11) is 0. The Kier molecular flexibility index (Phi) is 4.48. The molecule has 1 saturated heterocycles. The van der Waals surface area contributed by atoms with Crippen molar-refractivity contribution in [2.45, 2.75) is 57.5 Å². The van der Waals surface area contributed by atoms with E-state index >= 15 is 0 Å². The van der Waals surface area contributed by atoms with Gasteiger partial charge in [0.2, 0.25) is 11.8 Å². The summed E-state index contributed by atoms with van der Waals surface area (Å²) in [6.07, 6.45) is 6.40. The van der Waals surface area contributed by atoms with Crippen molar-refractivity contribution in [1.82, 2.24) is 10.2 Å². The maximum Gasteiger partial charge on any atom is 0.246 e. The number of hydrogen-bond acceptors (Lipinski definition) is 3. The van der Waals surface area contributed by atoms with Crippen molar-refractivity contribution in [3.63, 3.8) is 0 Å². The number of carbonyl (C=O) groups is 2. The third kappa shape index (κ3) is 3.39. The second-order valence-electron chi connectivity index (χ2n) is 6.60. The fourth-order valence-corrected chi connectivity index (χ4v) is 3.15. The van der Waals surface area contributed by atoms with Crippen molar-refractivity contribution in [3.05, 3.63) is 0 Å². The van der Waals surface area contributed by atoms with Crippen LogP contribution in [0.1, 0.15) is 45.4 Å². The van der Waals surface area contributed by atoms with Gasteiger partial charge in [-0.05, 0) is 43.9 Å². The average molecular weight is 294 g/mol. The number of rotatable bonds is 8. The first-order valence-corrected chi connectivity index (χ1v) is 8.41. The zero-order chi connectivity index (χ0) is 14.8. The first-order valence-electron chi connectivity index (χ1n) is 8.41. The molecule has 2 unspecified atom stereocenters. The Bertz CT molecular complexity index is 404. The van der Waals surface area contributed by atoms with Crippen LogP contribution in [0.25, 0.3) is 0 Å². The molecule has 2 atom stereocenters. The van der Waals surface area contributed by atoms with Crippen molar-refractivity contribution < 1.29 is 14.3 Å². The molecular formula is C16H26N2O3. The molecule has 5 nitrogen and oxygen atoms in total. The van der Waals surface area contributed by atoms with Gasteiger partial charge in [0.15, 0.2) is 0 Å². The number of nitrogens with one attached hydrogen (secondary N) is 1. The number of nitrogens with zero attached hydrogens (tertiary/aromatic N) is 1. The fourth-order valence-electron chi connectivity index (χ4n) is 3.15. The molecule has 2 aliphatic carbocycles. The first-order chi connectivity index (χ1) is 10.2. The lowest BCUT2D eigenvalue weighted by Crippen LogP contribution is -2.65. The standard InChI is InChI=1S/C16H26N2O3/c1-2-3-9-21-10-8-18-14(12-6-7-12)15(19)17-13(16(18)20)11-4-5-11/h11-14H,2-10H2,1H3,(H,17,19). The predicted octanol–water partition coefficient (Wildman–Crippen LogP) is 1.32. The lowest BCUT2D eigenvalue weighted by atomic mass is 10.0. The van der Waals surface area contributed by atoms with E-state index in [4.69, 9.17) is 4.74 Å². The van der Waals surface area contributed by atoms with Crippen LogP contribution in [0.2, 0.25) is 0 Å². The average Bonchev–Trinajstić information content (AvgIpc) is 3.34. The van der Waals surface area contributed by atoms with E-state index < -0.39 is 0 Å². The van der Waals surface area contributed by atoms with Gasteiger partial charge in [-0.2, -0.15) is 0 Å². The van der Waals surface area contributed by atoms with E-state index in [0.29, 0.717) is 25.0 Å². The number of unbranched alkanes of at least 4 members (excludes halogenated alkanes) is 1. The summed E-state index contributed by atoms with van der Waals surface area (Å²) in [5.41, 5.74) is 0. The fraction of sp³-hybridized carbons (Fsp3) is 0.875. The van der Waals surface area contributed by atoms with E-state index in [2.05, 4.69) is 12.2 Å². The summed E-state index contributed by atoms with van der Waals surface area (Å²) in [4.78, 5) is 26.8. The molecule has 0 aromatic rings. The normalized spacial score (nSPS) is 29.7. The highest BCUT2D eigenvalue weighted by atomic mass is 16.5. The summed E-state index contributed by atoms with van der Waals surface area (Å²) >= 11 is 0. The topological polar surface area (TPSA) is 58.6 Å². The maximum absolute atomic E-state index is 12.7. The highest BCUT2D eigenvalue weighted by Crippen LogP contribution is 2.40. The molecule has 2 amide bonds. The molecule has 1 aliphatic heterocycles. The van der Waals surface area contributed by atoms with Gasteiger partial charge in [0, 0.05) is 13.2 Å². The number of ether oxygens (including phenoxy) is 1. The van der Waals surface area contributed by atoms with Crippen LogP contribution in [-0.2, 0) is 14.3 Å². The summed E-state index contributed by atoms with van der Waals surface area (Å²) < 4.78 is 5.59. The molecule has 0 aromatic carbocycles. The van der Waals surface area contributed by atoms with Crippen LogP contribution in [0.15, 0.2) is 0 Å². The molecular weight excluding hydrogens is 268 g/mol. The summed E-state index contributed by atoms with van der Waals surface area (Å²) in [6.45, 7) is 3.97. The molecule has 3 rings (SSSR count). The molecule has 118 valence electrons. The van der Waals surface area contributed by atoms with Crippen LogP contribution >= 0.6 is 0 Å². The second-order valence-corrected chi connectivity index (χ2v) is 6.60. The van der Waals surface area contributed by atoms with E-state index in [1.807, 2.05) is 4.90 Å². The zero-order valence-electron chi connectivity index (χ0n) is 12.8. The Balaban J connectivity index is 1.60. The number of piperazine rings is 1. The van der Waals surface area contributed by atoms with Gasteiger partial charge >= 0.3 is 0 Å². The Morgan fingerprint density at radius 2 is 1.86 bits per heavy atom. The molecule has 1 N–H and O–H groups in total. The molecule has 3 fully saturated rings. The van der Waals surface area contributed by atoms with Crippen molar-refractivity contribution in [3.8, 4) is 0 Å². The minimum atomic E-state index is -0.275. The molecule has 5 heteroatoms. The summed E-state index contributed by atoms with van der Waals surface area (Å²) in [5.74, 6) is 0.908. The molecule has 0 aromatic heterocycles. The SMILES string of the molecule is CCCCOCCN1C(=O)C(C2CC2)NC(=O)C1C1CC1. The van der Waals surface area contributed by atoms with Crippen LogP contribution < -0.4 is 5.32 Å². The molecule has 3 aliphatic rings. The van der Waals surface area contributed by atoms with Crippen molar-refractivity contribution in [1.29, 1.82) is 0 Å². The third-order valence-electron chi connectivity index (χ3n) is 4.73. The van der Waals surface area contributed by atoms with Gasteiger partial charge in [0.1, 0.15) is 12.1 Å². The molecule has 0 spiro atoms. The number of amides is 2. The monoisotopic (exact) mass is 294 g/mol. The first kappa shape index (κ1) is 14.8. The largest absolute Gasteiger partial charge is 0.380 e. The van der Waals surface area contributed by atoms with E-state index in [9.17, 15) is 9.59 Å². The van der Waals surface area contributed by atoms with E-state index in [1.54, 1.807) is 0 Å². The van der Waals surface area contributed by atoms with Crippen LogP contribution in [-0.4, -0.2) is 48.6 Å². The third-order valence-corrected chi connectivity index (χ3v) is 4.73. The van der Waals surface area contributed by atoms with E-state index in [-0.39, 0.29) is 23.9 Å². The van der Waals surface area contributed by atoms with Crippen molar-refractivity contribution in [2.24, 2.45) is 11.8 Å². The van der Waals surface area contributed by atoms with Gasteiger partial charge in [-0.1, -0.05) is 13.3 Å². The summed E-state index contributed by atoms with van der Waals surface area (Å²) in [6, 6.07) is -0.523. The zero-order valence-corrected chi connectivity index (χ0v) is 12.8. The molecule has 21 heavy (non-hydrogen) atoms. The molecule has 0 radical (unpaired) electrons. The smallest absolute Gasteiger partial charge is 0.246 e. The number of carbonyl (C=O) groups excluding carboxylic acids is 2. The molecule has 2 saturated carbocycles. The Morgan fingerprint density at radius 3 is 2.48 bits per heavy atom. The minimum absolute atomic E-state index is 0.0579. The van der Waals surface area contributed by atoms with Crippen LogP contribution in [0.4, 0.5) is 0 Å². The van der Waals surface area contributed by atoms with Gasteiger partial charge < -0.3 is 15.0 Å². The van der Waals surface area contributed by atoms with Crippen LogP contribution in [0, 0.1) is 11.8 Å².